The fraction of sp³-hybridized carbons (Fsp3) is 0.923. The monoisotopic (exact) mass is 600 g/mol. The van der Waals surface area contributed by atoms with Gasteiger partial charge in [-0.05, 0) is 12.8 Å². The first-order valence-electron chi connectivity index (χ1n) is 14.3. The lowest BCUT2D eigenvalue weighted by molar-refractivity contribution is -0.220. The van der Waals surface area contributed by atoms with Gasteiger partial charge < -0.3 is 39.9 Å². The SMILES string of the molecule is CCCCCCCCCCCCC(=O)OC[C@H](COP(=O)(O)OC1C(O)C(O)C(O)[C@@H](O)C1O)OC(=O)CCC. The maximum atomic E-state index is 12.5. The van der Waals surface area contributed by atoms with Crippen molar-refractivity contribution in [1.82, 2.24) is 0 Å². The molecule has 8 atom stereocenters. The molecule has 0 aromatic rings. The third-order valence-electron chi connectivity index (χ3n) is 6.67. The molecule has 236 valence electrons. The second-order valence-electron chi connectivity index (χ2n) is 10.3. The molecule has 6 unspecified atom stereocenters. The summed E-state index contributed by atoms with van der Waals surface area (Å²) >= 11 is 0. The Morgan fingerprint density at radius 3 is 1.70 bits per heavy atom. The Labute approximate surface area is 236 Å². The van der Waals surface area contributed by atoms with E-state index in [0.29, 0.717) is 12.8 Å². The third-order valence-corrected chi connectivity index (χ3v) is 7.65. The fourth-order valence-electron chi connectivity index (χ4n) is 4.26. The first kappa shape index (κ1) is 36.9. The van der Waals surface area contributed by atoms with E-state index in [-0.39, 0.29) is 12.8 Å². The lowest BCUT2D eigenvalue weighted by Crippen LogP contribution is -2.64. The van der Waals surface area contributed by atoms with Crippen molar-refractivity contribution in [3.63, 3.8) is 0 Å². The normalized spacial score (nSPS) is 27.1. The number of unbranched alkanes of at least 4 members (excludes halogenated alkanes) is 9. The van der Waals surface area contributed by atoms with Gasteiger partial charge in [-0.2, -0.15) is 0 Å². The van der Waals surface area contributed by atoms with E-state index in [9.17, 15) is 44.6 Å². The van der Waals surface area contributed by atoms with Crippen LogP contribution in [0.3, 0.4) is 0 Å². The van der Waals surface area contributed by atoms with Gasteiger partial charge in [0.2, 0.25) is 0 Å². The van der Waals surface area contributed by atoms with Crippen molar-refractivity contribution in [2.75, 3.05) is 13.2 Å². The summed E-state index contributed by atoms with van der Waals surface area (Å²) in [5.74, 6) is -1.16. The number of hydrogen-bond acceptors (Lipinski definition) is 12. The van der Waals surface area contributed by atoms with E-state index in [1.807, 2.05) is 0 Å². The van der Waals surface area contributed by atoms with Crippen molar-refractivity contribution in [3.8, 4) is 0 Å². The molecule has 0 amide bonds. The van der Waals surface area contributed by atoms with Crippen LogP contribution in [0.4, 0.5) is 0 Å². The van der Waals surface area contributed by atoms with Crippen molar-refractivity contribution in [2.24, 2.45) is 0 Å². The highest BCUT2D eigenvalue weighted by atomic mass is 31.2. The van der Waals surface area contributed by atoms with Crippen molar-refractivity contribution in [2.45, 2.75) is 140 Å². The molecule has 1 saturated carbocycles. The molecular formula is C26H49O13P. The van der Waals surface area contributed by atoms with Gasteiger partial charge in [-0.25, -0.2) is 4.57 Å². The van der Waals surface area contributed by atoms with Gasteiger partial charge in [-0.1, -0.05) is 71.6 Å². The highest BCUT2D eigenvalue weighted by Crippen LogP contribution is 2.47. The van der Waals surface area contributed by atoms with E-state index < -0.39 is 75.7 Å². The quantitative estimate of drug-likeness (QED) is 0.0632. The first-order valence-corrected chi connectivity index (χ1v) is 15.8. The summed E-state index contributed by atoms with van der Waals surface area (Å²) in [7, 11) is -5.06. The van der Waals surface area contributed by atoms with E-state index in [4.69, 9.17) is 18.5 Å². The van der Waals surface area contributed by atoms with Crippen molar-refractivity contribution in [3.05, 3.63) is 0 Å². The molecule has 1 aliphatic rings. The number of aliphatic hydroxyl groups is 5. The number of hydrogen-bond donors (Lipinski definition) is 6. The predicted molar refractivity (Wildman–Crippen MR) is 143 cm³/mol. The standard InChI is InChI=1S/C26H49O13P/c1-3-5-6-7-8-9-10-11-12-13-15-19(27)36-16-18(38-20(28)14-4-2)17-37-40(34,35)39-26-24(32)22(30)21(29)23(31)25(26)33/h18,21-26,29-33H,3-17H2,1-2H3,(H,34,35)/t18-,21?,22-,23?,24?,25?,26?/m1/s1. The van der Waals surface area contributed by atoms with Crippen molar-refractivity contribution >= 4 is 19.8 Å². The molecule has 0 aromatic carbocycles. The molecule has 14 heteroatoms. The molecule has 6 N–H and O–H groups in total. The minimum atomic E-state index is -5.06. The summed E-state index contributed by atoms with van der Waals surface area (Å²) in [6, 6.07) is 0. The highest BCUT2D eigenvalue weighted by Gasteiger charge is 2.51. The maximum Gasteiger partial charge on any atom is 0.472 e. The number of rotatable bonds is 21. The topological polar surface area (TPSA) is 210 Å². The fourth-order valence-corrected chi connectivity index (χ4v) is 5.24. The summed E-state index contributed by atoms with van der Waals surface area (Å²) in [5, 5.41) is 49.2. The Kier molecular flexibility index (Phi) is 18.3. The van der Waals surface area contributed by atoms with E-state index in [1.165, 1.54) is 38.5 Å². The zero-order chi connectivity index (χ0) is 30.1. The molecule has 0 aliphatic heterocycles. The molecule has 0 radical (unpaired) electrons. The van der Waals surface area contributed by atoms with Gasteiger partial charge in [-0.3, -0.25) is 18.6 Å². The number of carbonyl (C=O) groups is 2. The van der Waals surface area contributed by atoms with Crippen LogP contribution in [0, 0.1) is 0 Å². The molecule has 0 saturated heterocycles. The zero-order valence-corrected chi connectivity index (χ0v) is 24.5. The molecule has 1 fully saturated rings. The minimum Gasteiger partial charge on any atom is -0.462 e. The molecule has 13 nitrogen and oxygen atoms in total. The summed E-state index contributed by atoms with van der Waals surface area (Å²) < 4.78 is 32.4. The summed E-state index contributed by atoms with van der Waals surface area (Å²) in [5.41, 5.74) is 0. The molecule has 1 aliphatic carbocycles. The number of phosphoric ester groups is 1. The molecule has 0 heterocycles. The van der Waals surface area contributed by atoms with Crippen LogP contribution >= 0.6 is 7.82 Å². The number of esters is 2. The lowest BCUT2D eigenvalue weighted by atomic mass is 9.85. The van der Waals surface area contributed by atoms with Gasteiger partial charge in [0.1, 0.15) is 43.2 Å². The van der Waals surface area contributed by atoms with Gasteiger partial charge >= 0.3 is 19.8 Å². The van der Waals surface area contributed by atoms with Crippen LogP contribution in [0.1, 0.15) is 97.3 Å². The second kappa shape index (κ2) is 19.9. The molecule has 40 heavy (non-hydrogen) atoms. The average molecular weight is 601 g/mol. The predicted octanol–water partition coefficient (Wildman–Crippen LogP) is 1.87. The Morgan fingerprint density at radius 2 is 1.18 bits per heavy atom. The van der Waals surface area contributed by atoms with Crippen molar-refractivity contribution < 1.29 is 63.1 Å². The molecule has 0 aromatic heterocycles. The van der Waals surface area contributed by atoms with Crippen LogP contribution in [-0.4, -0.2) is 98.3 Å². The average Bonchev–Trinajstić information content (AvgIpc) is 2.91. The van der Waals surface area contributed by atoms with Crippen LogP contribution in [0.15, 0.2) is 0 Å². The summed E-state index contributed by atoms with van der Waals surface area (Å²) in [4.78, 5) is 34.2. The lowest BCUT2D eigenvalue weighted by Gasteiger charge is -2.41. The van der Waals surface area contributed by atoms with Crippen LogP contribution in [0.25, 0.3) is 0 Å². The highest BCUT2D eigenvalue weighted by molar-refractivity contribution is 7.47. The first-order chi connectivity index (χ1) is 18.9. The maximum absolute atomic E-state index is 12.5. The molecule has 1 rings (SSSR count). The van der Waals surface area contributed by atoms with Crippen LogP contribution in [0.2, 0.25) is 0 Å². The second-order valence-corrected chi connectivity index (χ2v) is 11.7. The minimum absolute atomic E-state index is 0.0505. The van der Waals surface area contributed by atoms with Gasteiger partial charge in [-0.15, -0.1) is 0 Å². The number of carbonyl (C=O) groups excluding carboxylic acids is 2. The summed E-state index contributed by atoms with van der Waals surface area (Å²) in [6.45, 7) is 2.76. The van der Waals surface area contributed by atoms with E-state index in [1.54, 1.807) is 6.92 Å². The number of ether oxygens (including phenoxy) is 2. The van der Waals surface area contributed by atoms with Crippen LogP contribution in [0.5, 0.6) is 0 Å². The Hall–Kier alpha value is -1.15. The largest absolute Gasteiger partial charge is 0.472 e. The number of phosphoric acid groups is 1. The van der Waals surface area contributed by atoms with Gasteiger partial charge in [0.05, 0.1) is 6.61 Å². The number of aliphatic hydroxyl groups excluding tert-OH is 5. The smallest absolute Gasteiger partial charge is 0.462 e. The van der Waals surface area contributed by atoms with E-state index >= 15 is 0 Å². The Morgan fingerprint density at radius 1 is 0.675 bits per heavy atom. The Balaban J connectivity index is 2.50. The van der Waals surface area contributed by atoms with Crippen LogP contribution < -0.4 is 0 Å². The van der Waals surface area contributed by atoms with Gasteiger partial charge in [0, 0.05) is 12.8 Å². The van der Waals surface area contributed by atoms with Crippen molar-refractivity contribution in [1.29, 1.82) is 0 Å². The molecule has 0 bridgehead atoms. The van der Waals surface area contributed by atoms with Gasteiger partial charge in [0.25, 0.3) is 0 Å². The van der Waals surface area contributed by atoms with E-state index in [0.717, 1.165) is 19.3 Å². The Bertz CT molecular complexity index is 751. The molecular weight excluding hydrogens is 551 g/mol. The summed E-state index contributed by atoms with van der Waals surface area (Å²) in [6.07, 6.45) is -1.35. The molecule has 0 spiro atoms. The zero-order valence-electron chi connectivity index (χ0n) is 23.6. The van der Waals surface area contributed by atoms with Gasteiger partial charge in [0.15, 0.2) is 6.10 Å². The van der Waals surface area contributed by atoms with E-state index in [2.05, 4.69) is 6.92 Å². The van der Waals surface area contributed by atoms with Crippen LogP contribution in [-0.2, 0) is 32.7 Å². The third kappa shape index (κ3) is 14.2.